The zero-order valence-corrected chi connectivity index (χ0v) is 11.0. The number of nitrogens with one attached hydrogen (secondary N) is 1. The number of hydrogen-bond acceptors (Lipinski definition) is 3. The lowest BCUT2D eigenvalue weighted by molar-refractivity contribution is 0.0955. The topological polar surface area (TPSA) is 64.3 Å². The fourth-order valence-electron chi connectivity index (χ4n) is 2.05. The van der Waals surface area contributed by atoms with Crippen LogP contribution >= 0.6 is 0 Å². The molecule has 0 heterocycles. The third-order valence-electron chi connectivity index (χ3n) is 3.02. The highest BCUT2D eigenvalue weighted by Crippen LogP contribution is 2.28. The van der Waals surface area contributed by atoms with Gasteiger partial charge in [-0.05, 0) is 30.5 Å². The number of amides is 1. The van der Waals surface area contributed by atoms with Crippen LogP contribution < -0.4 is 15.8 Å². The molecule has 0 aromatic heterocycles. The van der Waals surface area contributed by atoms with Gasteiger partial charge in [0.1, 0.15) is 5.75 Å². The van der Waals surface area contributed by atoms with Gasteiger partial charge in [-0.15, -0.1) is 0 Å². The molecule has 0 atom stereocenters. The van der Waals surface area contributed by atoms with E-state index in [2.05, 4.69) is 5.32 Å². The first-order chi connectivity index (χ1) is 9.27. The van der Waals surface area contributed by atoms with Gasteiger partial charge in [0.25, 0.3) is 5.91 Å². The fourth-order valence-corrected chi connectivity index (χ4v) is 2.05. The summed E-state index contributed by atoms with van der Waals surface area (Å²) in [6, 6.07) is 11.3. The van der Waals surface area contributed by atoms with E-state index < -0.39 is 0 Å². The van der Waals surface area contributed by atoms with Gasteiger partial charge in [-0.2, -0.15) is 0 Å². The Bertz CT molecular complexity index is 581. The van der Waals surface area contributed by atoms with Crippen molar-refractivity contribution in [2.75, 3.05) is 20.2 Å². The van der Waals surface area contributed by atoms with Gasteiger partial charge in [0.2, 0.25) is 0 Å². The highest BCUT2D eigenvalue weighted by molar-refractivity contribution is 6.08. The first-order valence-electron chi connectivity index (χ1n) is 6.32. The van der Waals surface area contributed by atoms with E-state index in [-0.39, 0.29) is 5.91 Å². The molecule has 2 aromatic rings. The van der Waals surface area contributed by atoms with E-state index in [1.54, 1.807) is 13.2 Å². The summed E-state index contributed by atoms with van der Waals surface area (Å²) in [5.74, 6) is 0.696. The third kappa shape index (κ3) is 2.85. The summed E-state index contributed by atoms with van der Waals surface area (Å²) in [7, 11) is 1.63. The molecule has 0 bridgehead atoms. The van der Waals surface area contributed by atoms with Gasteiger partial charge in [0.15, 0.2) is 0 Å². The maximum Gasteiger partial charge on any atom is 0.251 e. The summed E-state index contributed by atoms with van der Waals surface area (Å²) in [5.41, 5.74) is 6.07. The molecule has 0 saturated carbocycles. The molecule has 0 spiro atoms. The predicted molar refractivity (Wildman–Crippen MR) is 76.5 cm³/mol. The molecule has 0 aliphatic carbocycles. The van der Waals surface area contributed by atoms with Crippen LogP contribution in [0, 0.1) is 0 Å². The highest BCUT2D eigenvalue weighted by atomic mass is 16.5. The van der Waals surface area contributed by atoms with Crippen LogP contribution in [-0.4, -0.2) is 26.1 Å². The van der Waals surface area contributed by atoms with Gasteiger partial charge < -0.3 is 15.8 Å². The van der Waals surface area contributed by atoms with Crippen molar-refractivity contribution in [1.82, 2.24) is 5.32 Å². The average molecular weight is 258 g/mol. The molecule has 1 amide bonds. The smallest absolute Gasteiger partial charge is 0.251 e. The number of ether oxygens (including phenoxy) is 1. The van der Waals surface area contributed by atoms with E-state index in [1.165, 1.54) is 0 Å². The van der Waals surface area contributed by atoms with Gasteiger partial charge in [-0.1, -0.05) is 24.3 Å². The van der Waals surface area contributed by atoms with Crippen LogP contribution in [-0.2, 0) is 0 Å². The summed E-state index contributed by atoms with van der Waals surface area (Å²) in [6.45, 7) is 1.17. The van der Waals surface area contributed by atoms with Gasteiger partial charge in [-0.25, -0.2) is 0 Å². The van der Waals surface area contributed by atoms with Crippen LogP contribution in [0.1, 0.15) is 16.8 Å². The Morgan fingerprint density at radius 1 is 1.21 bits per heavy atom. The highest BCUT2D eigenvalue weighted by Gasteiger charge is 2.11. The molecule has 3 N–H and O–H groups in total. The molecule has 0 aliphatic heterocycles. The minimum Gasteiger partial charge on any atom is -0.496 e. The minimum atomic E-state index is -0.0766. The van der Waals surface area contributed by atoms with E-state index >= 15 is 0 Å². The Labute approximate surface area is 112 Å². The minimum absolute atomic E-state index is 0.0766. The first kappa shape index (κ1) is 13.4. The van der Waals surface area contributed by atoms with Crippen molar-refractivity contribution >= 4 is 16.7 Å². The van der Waals surface area contributed by atoms with Crippen LogP contribution in [0.15, 0.2) is 36.4 Å². The molecule has 2 rings (SSSR count). The molecular formula is C15H18N2O2. The number of fused-ring (bicyclic) bond motifs is 1. The number of hydrogen-bond donors (Lipinski definition) is 2. The normalized spacial score (nSPS) is 10.4. The molecule has 2 aromatic carbocycles. The second-order valence-corrected chi connectivity index (χ2v) is 4.26. The first-order valence-corrected chi connectivity index (χ1v) is 6.32. The van der Waals surface area contributed by atoms with E-state index in [4.69, 9.17) is 10.5 Å². The Hall–Kier alpha value is -2.07. The molecule has 4 nitrogen and oxygen atoms in total. The number of methoxy groups -OCH3 is 1. The fraction of sp³-hybridized carbons (Fsp3) is 0.267. The number of rotatable bonds is 5. The molecular weight excluding hydrogens is 240 g/mol. The van der Waals surface area contributed by atoms with E-state index in [0.29, 0.717) is 18.7 Å². The Morgan fingerprint density at radius 2 is 1.95 bits per heavy atom. The zero-order valence-electron chi connectivity index (χ0n) is 11.0. The molecule has 4 heteroatoms. The summed E-state index contributed by atoms with van der Waals surface area (Å²) < 4.78 is 5.31. The van der Waals surface area contributed by atoms with E-state index in [9.17, 15) is 4.79 Å². The van der Waals surface area contributed by atoms with Crippen LogP contribution in [0.2, 0.25) is 0 Å². The lowest BCUT2D eigenvalue weighted by Crippen LogP contribution is -2.26. The van der Waals surface area contributed by atoms with Crippen molar-refractivity contribution in [1.29, 1.82) is 0 Å². The Kier molecular flexibility index (Phi) is 4.36. The summed E-state index contributed by atoms with van der Waals surface area (Å²) in [4.78, 5) is 12.1. The van der Waals surface area contributed by atoms with Crippen molar-refractivity contribution in [2.45, 2.75) is 6.42 Å². The van der Waals surface area contributed by atoms with Crippen molar-refractivity contribution in [3.63, 3.8) is 0 Å². The van der Waals surface area contributed by atoms with E-state index in [1.807, 2.05) is 30.3 Å². The second-order valence-electron chi connectivity index (χ2n) is 4.26. The van der Waals surface area contributed by atoms with Crippen molar-refractivity contribution in [2.24, 2.45) is 5.73 Å². The van der Waals surface area contributed by atoms with Crippen LogP contribution in [0.3, 0.4) is 0 Å². The third-order valence-corrected chi connectivity index (χ3v) is 3.02. The largest absolute Gasteiger partial charge is 0.496 e. The van der Waals surface area contributed by atoms with Gasteiger partial charge in [0, 0.05) is 17.5 Å². The molecule has 100 valence electrons. The number of benzene rings is 2. The van der Waals surface area contributed by atoms with Crippen LogP contribution in [0.4, 0.5) is 0 Å². The number of carbonyl (C=O) groups excluding carboxylic acids is 1. The molecule has 0 radical (unpaired) electrons. The lowest BCUT2D eigenvalue weighted by Gasteiger charge is -2.10. The summed E-state index contributed by atoms with van der Waals surface area (Å²) in [5, 5.41) is 4.71. The predicted octanol–water partition coefficient (Wildman–Crippen LogP) is 1.93. The molecule has 19 heavy (non-hydrogen) atoms. The Balaban J connectivity index is 2.36. The quantitative estimate of drug-likeness (QED) is 0.805. The van der Waals surface area contributed by atoms with E-state index in [0.717, 1.165) is 22.9 Å². The maximum atomic E-state index is 12.1. The van der Waals surface area contributed by atoms with Crippen molar-refractivity contribution in [3.8, 4) is 5.75 Å². The monoisotopic (exact) mass is 258 g/mol. The molecule has 0 aliphatic rings. The summed E-state index contributed by atoms with van der Waals surface area (Å²) >= 11 is 0. The van der Waals surface area contributed by atoms with Crippen LogP contribution in [0.5, 0.6) is 5.75 Å². The summed E-state index contributed by atoms with van der Waals surface area (Å²) in [6.07, 6.45) is 0.778. The van der Waals surface area contributed by atoms with Crippen molar-refractivity contribution < 1.29 is 9.53 Å². The standard InChI is InChI=1S/C15H18N2O2/c1-19-14-8-7-13(15(18)17-10-4-9-16)11-5-2-3-6-12(11)14/h2-3,5-8H,4,9-10,16H2,1H3,(H,17,18). The molecule has 0 fully saturated rings. The lowest BCUT2D eigenvalue weighted by atomic mass is 10.0. The number of nitrogens with two attached hydrogens (primary N) is 1. The van der Waals surface area contributed by atoms with Gasteiger partial charge in [0.05, 0.1) is 7.11 Å². The average Bonchev–Trinajstić information content (AvgIpc) is 2.46. The maximum absolute atomic E-state index is 12.1. The zero-order chi connectivity index (χ0) is 13.7. The SMILES string of the molecule is COc1ccc(C(=O)NCCCN)c2ccccc12. The second kappa shape index (κ2) is 6.20. The van der Waals surface area contributed by atoms with Gasteiger partial charge >= 0.3 is 0 Å². The number of carbonyl (C=O) groups is 1. The van der Waals surface area contributed by atoms with Crippen molar-refractivity contribution in [3.05, 3.63) is 42.0 Å². The van der Waals surface area contributed by atoms with Crippen LogP contribution in [0.25, 0.3) is 10.8 Å². The molecule has 0 unspecified atom stereocenters. The van der Waals surface area contributed by atoms with Gasteiger partial charge in [-0.3, -0.25) is 4.79 Å². The molecule has 0 saturated heterocycles. The Morgan fingerprint density at radius 3 is 2.63 bits per heavy atom.